The Morgan fingerprint density at radius 2 is 2.43 bits per heavy atom. The molecule has 0 radical (unpaired) electrons. The molecule has 1 aliphatic carbocycles. The third-order valence-electron chi connectivity index (χ3n) is 3.99. The number of hydrazone groups is 1. The van der Waals surface area contributed by atoms with Crippen molar-refractivity contribution < 1.29 is 4.79 Å². The molecule has 0 spiro atoms. The molecule has 110 valence electrons. The summed E-state index contributed by atoms with van der Waals surface area (Å²) in [5, 5.41) is 6.02. The molecular weight excluding hydrogens is 282 g/mol. The van der Waals surface area contributed by atoms with Crippen LogP contribution in [0, 0.1) is 5.92 Å². The van der Waals surface area contributed by atoms with Crippen molar-refractivity contribution in [1.82, 2.24) is 9.99 Å². The molecule has 0 saturated heterocycles. The van der Waals surface area contributed by atoms with Crippen molar-refractivity contribution in [2.45, 2.75) is 26.2 Å². The highest BCUT2D eigenvalue weighted by Gasteiger charge is 2.22. The number of amides is 1. The summed E-state index contributed by atoms with van der Waals surface area (Å²) in [6, 6.07) is 3.89. The summed E-state index contributed by atoms with van der Waals surface area (Å²) in [5.74, 6) is 0.620. The number of nitrogens with zero attached hydrogens (tertiary/aromatic N) is 2. The van der Waals surface area contributed by atoms with Gasteiger partial charge in [-0.15, -0.1) is 11.3 Å². The minimum Gasteiger partial charge on any atom is -0.350 e. The third-order valence-corrected chi connectivity index (χ3v) is 5.04. The Bertz CT molecular complexity index is 684. The summed E-state index contributed by atoms with van der Waals surface area (Å²) in [6.07, 6.45) is 6.87. The predicted octanol–water partition coefficient (Wildman–Crippen LogP) is 2.98. The maximum Gasteiger partial charge on any atom is 0.272 e. The topological polar surface area (TPSA) is 46.4 Å². The molecule has 4 nitrogen and oxygen atoms in total. The Morgan fingerprint density at radius 1 is 1.57 bits per heavy atom. The Balaban J connectivity index is 1.69. The molecule has 0 unspecified atom stereocenters. The average molecular weight is 301 g/mol. The molecule has 0 aromatic carbocycles. The lowest BCUT2D eigenvalue weighted by Gasteiger charge is -2.18. The van der Waals surface area contributed by atoms with Gasteiger partial charge in [0.25, 0.3) is 5.91 Å². The van der Waals surface area contributed by atoms with Crippen LogP contribution in [-0.4, -0.2) is 16.7 Å². The predicted molar refractivity (Wildman–Crippen MR) is 86.0 cm³/mol. The summed E-state index contributed by atoms with van der Waals surface area (Å²) in [7, 11) is 1.94. The number of aryl methyl sites for hydroxylation is 1. The largest absolute Gasteiger partial charge is 0.350 e. The van der Waals surface area contributed by atoms with Gasteiger partial charge in [-0.2, -0.15) is 5.10 Å². The fourth-order valence-electron chi connectivity index (χ4n) is 2.69. The lowest BCUT2D eigenvalue weighted by molar-refractivity contribution is 0.0954. The fraction of sp³-hybridized carbons (Fsp3) is 0.375. The molecule has 3 rings (SSSR count). The molecule has 0 bridgehead atoms. The van der Waals surface area contributed by atoms with Crippen molar-refractivity contribution in [1.29, 1.82) is 0 Å². The Kier molecular flexibility index (Phi) is 3.92. The number of nitrogens with one attached hydrogen (secondary N) is 1. The van der Waals surface area contributed by atoms with Crippen LogP contribution in [0.2, 0.25) is 0 Å². The molecule has 1 amide bonds. The van der Waals surface area contributed by atoms with E-state index in [9.17, 15) is 4.79 Å². The van der Waals surface area contributed by atoms with Crippen molar-refractivity contribution in [3.63, 3.8) is 0 Å². The number of fused-ring (bicyclic) bond motifs is 1. The summed E-state index contributed by atoms with van der Waals surface area (Å²) in [5.41, 5.74) is 5.61. The van der Waals surface area contributed by atoms with Crippen LogP contribution >= 0.6 is 11.3 Å². The number of rotatable bonds is 3. The Hall–Kier alpha value is -1.88. The molecule has 2 aromatic heterocycles. The van der Waals surface area contributed by atoms with Gasteiger partial charge in [0.2, 0.25) is 0 Å². The SMILES string of the molecule is C[C@@H]1CCc2c(C(=O)N/N=C\c3cccn3C)csc2C1. The van der Waals surface area contributed by atoms with Crippen molar-refractivity contribution >= 4 is 23.5 Å². The highest BCUT2D eigenvalue weighted by Crippen LogP contribution is 2.32. The molecule has 1 N–H and O–H groups in total. The summed E-state index contributed by atoms with van der Waals surface area (Å²) in [4.78, 5) is 13.6. The minimum atomic E-state index is -0.104. The molecule has 1 aliphatic rings. The first kappa shape index (κ1) is 14.1. The molecule has 5 heteroatoms. The molecule has 2 heterocycles. The zero-order valence-corrected chi connectivity index (χ0v) is 13.1. The lowest BCUT2D eigenvalue weighted by atomic mass is 9.88. The van der Waals surface area contributed by atoms with Crippen molar-refractivity contribution in [3.05, 3.63) is 45.4 Å². The van der Waals surface area contributed by atoms with Crippen LogP contribution in [-0.2, 0) is 19.9 Å². The molecular formula is C16H19N3OS. The van der Waals surface area contributed by atoms with E-state index >= 15 is 0 Å². The van der Waals surface area contributed by atoms with Gasteiger partial charge in [0.05, 0.1) is 17.5 Å². The van der Waals surface area contributed by atoms with Gasteiger partial charge >= 0.3 is 0 Å². The van der Waals surface area contributed by atoms with E-state index in [4.69, 9.17) is 0 Å². The van der Waals surface area contributed by atoms with Gasteiger partial charge < -0.3 is 4.57 Å². The van der Waals surface area contributed by atoms with Gasteiger partial charge in [-0.25, -0.2) is 5.43 Å². The van der Waals surface area contributed by atoms with Crippen molar-refractivity contribution in [2.75, 3.05) is 0 Å². The highest BCUT2D eigenvalue weighted by atomic mass is 32.1. The van der Waals surface area contributed by atoms with Crippen LogP contribution in [0.4, 0.5) is 0 Å². The van der Waals surface area contributed by atoms with E-state index < -0.39 is 0 Å². The molecule has 0 fully saturated rings. The number of hydrogen-bond acceptors (Lipinski definition) is 3. The first-order chi connectivity index (χ1) is 10.1. The van der Waals surface area contributed by atoms with E-state index in [0.717, 1.165) is 36.4 Å². The smallest absolute Gasteiger partial charge is 0.272 e. The highest BCUT2D eigenvalue weighted by molar-refractivity contribution is 7.10. The second-order valence-corrected chi connectivity index (χ2v) is 6.61. The van der Waals surface area contributed by atoms with Crippen LogP contribution in [0.5, 0.6) is 0 Å². The van der Waals surface area contributed by atoms with E-state index in [2.05, 4.69) is 17.5 Å². The molecule has 21 heavy (non-hydrogen) atoms. The minimum absolute atomic E-state index is 0.104. The van der Waals surface area contributed by atoms with Gasteiger partial charge in [0, 0.05) is 23.5 Å². The second kappa shape index (κ2) is 5.85. The van der Waals surface area contributed by atoms with E-state index in [0.29, 0.717) is 0 Å². The summed E-state index contributed by atoms with van der Waals surface area (Å²) in [6.45, 7) is 2.27. The van der Waals surface area contributed by atoms with Crippen LogP contribution in [0.3, 0.4) is 0 Å². The molecule has 1 atom stereocenters. The molecule has 0 aliphatic heterocycles. The second-order valence-electron chi connectivity index (χ2n) is 5.64. The molecule has 0 saturated carbocycles. The number of carbonyl (C=O) groups excluding carboxylic acids is 1. The number of aromatic nitrogens is 1. The third kappa shape index (κ3) is 2.93. The summed E-state index contributed by atoms with van der Waals surface area (Å²) >= 11 is 1.70. The zero-order chi connectivity index (χ0) is 14.8. The number of carbonyl (C=O) groups is 1. The van der Waals surface area contributed by atoms with Gasteiger partial charge in [0.15, 0.2) is 0 Å². The van der Waals surface area contributed by atoms with Crippen LogP contribution in [0.1, 0.15) is 39.8 Å². The first-order valence-corrected chi connectivity index (χ1v) is 8.07. The van der Waals surface area contributed by atoms with Gasteiger partial charge in [-0.3, -0.25) is 4.79 Å². The Morgan fingerprint density at radius 3 is 3.19 bits per heavy atom. The normalized spacial score (nSPS) is 17.9. The number of thiophene rings is 1. The average Bonchev–Trinajstić information content (AvgIpc) is 3.05. The maximum atomic E-state index is 12.2. The quantitative estimate of drug-likeness (QED) is 0.687. The van der Waals surface area contributed by atoms with Crippen LogP contribution in [0.15, 0.2) is 28.8 Å². The van der Waals surface area contributed by atoms with Gasteiger partial charge in [-0.05, 0) is 42.9 Å². The monoisotopic (exact) mass is 301 g/mol. The standard InChI is InChI=1S/C16H19N3OS/c1-11-5-6-13-14(10-21-15(13)8-11)16(20)18-17-9-12-4-3-7-19(12)2/h3-4,7,9-11H,5-6,8H2,1-2H3,(H,18,20)/b17-9-/t11-/m1/s1. The lowest BCUT2D eigenvalue weighted by Crippen LogP contribution is -2.20. The van der Waals surface area contributed by atoms with Crippen LogP contribution < -0.4 is 5.43 Å². The fourth-order valence-corrected chi connectivity index (χ4v) is 3.94. The first-order valence-electron chi connectivity index (χ1n) is 7.19. The van der Waals surface area contributed by atoms with E-state index in [1.165, 1.54) is 10.4 Å². The Labute approximate surface area is 128 Å². The summed E-state index contributed by atoms with van der Waals surface area (Å²) < 4.78 is 1.95. The van der Waals surface area contributed by atoms with Crippen molar-refractivity contribution in [3.8, 4) is 0 Å². The maximum absolute atomic E-state index is 12.2. The van der Waals surface area contributed by atoms with E-state index in [-0.39, 0.29) is 5.91 Å². The molecule has 2 aromatic rings. The van der Waals surface area contributed by atoms with E-state index in [1.807, 2.05) is 35.3 Å². The van der Waals surface area contributed by atoms with Crippen molar-refractivity contribution in [2.24, 2.45) is 18.1 Å². The zero-order valence-electron chi connectivity index (χ0n) is 12.3. The number of hydrogen-bond donors (Lipinski definition) is 1. The van der Waals surface area contributed by atoms with Crippen LogP contribution in [0.25, 0.3) is 0 Å². The van der Waals surface area contributed by atoms with Gasteiger partial charge in [0.1, 0.15) is 0 Å². The van der Waals surface area contributed by atoms with Gasteiger partial charge in [-0.1, -0.05) is 6.92 Å². The van der Waals surface area contributed by atoms with E-state index in [1.54, 1.807) is 17.6 Å².